The summed E-state index contributed by atoms with van der Waals surface area (Å²) in [5.41, 5.74) is 4.72. The van der Waals surface area contributed by atoms with Crippen LogP contribution in [0.15, 0.2) is 0 Å². The van der Waals surface area contributed by atoms with Gasteiger partial charge in [0.2, 0.25) is 41.4 Å². The lowest BCUT2D eigenvalue weighted by Gasteiger charge is -2.23. The molecule has 0 aromatic carbocycles. The number of carbonyl (C=O) groups is 23. The van der Waals surface area contributed by atoms with Crippen LogP contribution in [0.3, 0.4) is 0 Å². The van der Waals surface area contributed by atoms with Crippen molar-refractivity contribution in [2.24, 2.45) is 41.2 Å². The first-order valence-electron chi connectivity index (χ1n) is 50.1. The minimum atomic E-state index is -1.64. The molecule has 0 aromatic heterocycles. The van der Waals surface area contributed by atoms with Gasteiger partial charge in [0.05, 0.1) is 126 Å². The van der Waals surface area contributed by atoms with Gasteiger partial charge in [0.15, 0.2) is 40.5 Å². The molecule has 7 amide bonds. The first kappa shape index (κ1) is 133. The largest absolute Gasteiger partial charge is 0.481 e. The van der Waals surface area contributed by atoms with E-state index in [0.717, 1.165) is 103 Å². The van der Waals surface area contributed by atoms with Crippen molar-refractivity contribution in [3.05, 3.63) is 0 Å². The highest BCUT2D eigenvalue weighted by atomic mass is 16.4. The van der Waals surface area contributed by atoms with Crippen LogP contribution in [0, 0.1) is 35.5 Å². The van der Waals surface area contributed by atoms with E-state index in [2.05, 4.69) is 47.9 Å². The number of carbonyl (C=O) groups excluding carboxylic acids is 19. The van der Waals surface area contributed by atoms with E-state index in [1.165, 1.54) is 20.8 Å². The number of carboxylic acids is 4. The van der Waals surface area contributed by atoms with E-state index in [9.17, 15) is 161 Å². The molecule has 0 aliphatic rings. The van der Waals surface area contributed by atoms with E-state index in [-0.39, 0.29) is 113 Å². The minimum absolute atomic E-state index is 0. The summed E-state index contributed by atoms with van der Waals surface area (Å²) in [5, 5.41) is 139. The molecule has 0 aromatic rings. The fraction of sp³-hybridized carbons (Fsp3) is 0.765. The Morgan fingerprint density at radius 2 is 0.608 bits per heavy atom. The van der Waals surface area contributed by atoms with E-state index in [1.54, 1.807) is 0 Å². The third kappa shape index (κ3) is 64.3. The zero-order valence-corrected chi connectivity index (χ0v) is 83.5. The highest BCUT2D eigenvalue weighted by Crippen LogP contribution is 2.23. The third-order valence-electron chi connectivity index (χ3n) is 24.6. The quantitative estimate of drug-likeness (QED) is 0.0383. The normalized spacial score (nSPS) is 13.9. The van der Waals surface area contributed by atoms with Crippen LogP contribution in [-0.2, 0) is 110 Å². The Morgan fingerprint density at radius 1 is 0.259 bits per heavy atom. The molecule has 0 bridgehead atoms. The van der Waals surface area contributed by atoms with E-state index in [1.807, 2.05) is 0 Å². The number of aliphatic hydroxyl groups is 8. The average molecular weight is 2050 g/mol. The first-order chi connectivity index (χ1) is 67.8. The maximum atomic E-state index is 13.7. The fourth-order valence-corrected chi connectivity index (χ4v) is 15.3. The van der Waals surface area contributed by atoms with Crippen LogP contribution < -0.4 is 53.6 Å². The highest BCUT2D eigenvalue weighted by molar-refractivity contribution is 5.99. The monoisotopic (exact) mass is 2050 g/mol. The van der Waals surface area contributed by atoms with Crippen molar-refractivity contribution < 1.29 is 176 Å². The van der Waals surface area contributed by atoms with Gasteiger partial charge in [-0.2, -0.15) is 0 Å². The van der Waals surface area contributed by atoms with E-state index in [0.29, 0.717) is 51.4 Å². The Balaban J connectivity index is -0.0000336. The number of rotatable bonds is 96. The number of carboxylic acid groups (broad SMARTS) is 4. The van der Waals surface area contributed by atoms with Gasteiger partial charge in [-0.15, -0.1) is 0 Å². The van der Waals surface area contributed by atoms with Gasteiger partial charge in [-0.05, 0) is 91.4 Å². The topological polar surface area (TPSA) is 770 Å². The van der Waals surface area contributed by atoms with Gasteiger partial charge in [-0.1, -0.05) is 116 Å². The number of Topliss-reactive ketones (excluding diaryl/α,β-unsaturated/α-hetero) is 12. The number of aliphatic carboxylic acids is 4. The number of unbranched alkanes of at least 4 members (excludes halogenated alkanes) is 21. The fourth-order valence-electron chi connectivity index (χ4n) is 15.3. The second kappa shape index (κ2) is 79.1. The number of hydrogen-bond donors (Lipinski definition) is 22. The van der Waals surface area contributed by atoms with Gasteiger partial charge in [-0.25, -0.2) is 4.79 Å². The molecule has 0 fully saturated rings. The van der Waals surface area contributed by atoms with Crippen molar-refractivity contribution in [2.45, 2.75) is 358 Å². The van der Waals surface area contributed by atoms with Gasteiger partial charge in [0, 0.05) is 126 Å². The van der Waals surface area contributed by atoms with Crippen LogP contribution in [0.2, 0.25) is 0 Å². The van der Waals surface area contributed by atoms with Crippen molar-refractivity contribution in [2.75, 3.05) is 85.6 Å². The van der Waals surface area contributed by atoms with Gasteiger partial charge in [-0.3, -0.25) is 105 Å². The van der Waals surface area contributed by atoms with Gasteiger partial charge in [0.1, 0.15) is 53.1 Å². The van der Waals surface area contributed by atoms with Crippen molar-refractivity contribution in [1.82, 2.24) is 47.9 Å². The SMILES string of the molecule is CC(=O)[C@H](CCCCCC(=O)CNC(=O)[C@H](CO)CC(=O)[C@H](CO)NC(=O)CCC(=O)[C@H](CO)NC(=O)[C@H](CO)CC(=O)CC[C@H](CC(=O)CCCCCCCCCCCCC(=O)O)C(=O)O)NCC(=O)[C@H](CCCCNC(=O)CCC(=O)[C@H](CO)NC(=O)[C@H](CO)CC(=O)CNC(=O)[C@H](CO)CC(=O)[C@H](CO)CC(=O)CC[C@H](NC(=O)CCCCCCCCCCCCC(=O)O)C(=O)O)NCC(=O)C(C)(C)N.[HH].[HH].[HH]. The molecule has 0 unspecified atom stereocenters. The lowest BCUT2D eigenvalue weighted by Crippen LogP contribution is -2.51. The number of nitrogens with one attached hydrogen (secondary N) is 9. The number of ketones is 12. The molecule has 45 nitrogen and oxygen atoms in total. The summed E-state index contributed by atoms with van der Waals surface area (Å²) in [4.78, 5) is 292. The Bertz CT molecular complexity index is 4030. The molecular formula is C98H168N10O35. The number of aliphatic hydroxyl groups excluding tert-OH is 8. The van der Waals surface area contributed by atoms with Gasteiger partial charge in [0.25, 0.3) is 0 Å². The molecule has 12 atom stereocenters. The van der Waals surface area contributed by atoms with Crippen molar-refractivity contribution in [1.29, 1.82) is 0 Å². The summed E-state index contributed by atoms with van der Waals surface area (Å²) in [7, 11) is 0. The van der Waals surface area contributed by atoms with Crippen LogP contribution in [0.25, 0.3) is 0 Å². The second-order valence-electron chi connectivity index (χ2n) is 37.4. The molecule has 0 rings (SSSR count). The molecule has 0 radical (unpaired) electrons. The molecule has 0 saturated heterocycles. The summed E-state index contributed by atoms with van der Waals surface area (Å²) in [6.45, 7) is -5.08. The summed E-state index contributed by atoms with van der Waals surface area (Å²) >= 11 is 0. The Hall–Kier alpha value is -10.2. The predicted molar refractivity (Wildman–Crippen MR) is 521 cm³/mol. The number of hydrogen-bond acceptors (Lipinski definition) is 34. The second-order valence-corrected chi connectivity index (χ2v) is 37.4. The van der Waals surface area contributed by atoms with Crippen LogP contribution in [0.1, 0.15) is 320 Å². The summed E-state index contributed by atoms with van der Waals surface area (Å²) < 4.78 is 0. The van der Waals surface area contributed by atoms with Crippen molar-refractivity contribution in [3.8, 4) is 0 Å². The average Bonchev–Trinajstić information content (AvgIpc) is 0.882. The van der Waals surface area contributed by atoms with E-state index in [4.69, 9.17) is 15.9 Å². The standard InChI is InChI=1S/C98H162N10O35.3H2/c1-63(117)75(31-23-20-22-30-73(121)51-103-93(137)69(59-113)50-84(126)80(62-116)106-89(131)43-41-82(124)79(61-115)107-94(138)66(56-110)47-71(119)37-36-64(96(140)141)45-70(118)29-21-16-12-8-4-6-10-14-18-25-34-90(132)133)101-53-85(127)76(102-54-86(128)98(2,3)99)32-27-28-44-100-87(129)42-40-81(123)78(60-114)108-95(139)67(57-111)48-74(122)52-104-92(136)68(58-112)49-83(125)65(55-109)46-72(120)38-39-77(97(142)143)105-88(130)33-24-17-13-9-5-7-11-15-19-26-35-91(134)135;;;/h64-69,75-80,101-102,109-116H,4-62,99H2,1-3H3,(H,100,129)(H,103,137)(H,104,136)(H,105,130)(H,106,131)(H,107,138)(H,108,139)(H,132,133)(H,134,135)(H,140,141)(H,142,143);3*1H/t64-,65+,66+,67+,68+,69+,75+,76+,77+,78+,79+,80+;;;/m1.../s1. The first-order valence-corrected chi connectivity index (χ1v) is 50.1. The number of amides is 7. The molecule has 0 spiro atoms. The summed E-state index contributed by atoms with van der Waals surface area (Å²) in [6.07, 6.45) is 12.8. The predicted octanol–water partition coefficient (Wildman–Crippen LogP) is 1.43. The van der Waals surface area contributed by atoms with Crippen LogP contribution >= 0.6 is 0 Å². The lowest BCUT2D eigenvalue weighted by molar-refractivity contribution is -0.144. The van der Waals surface area contributed by atoms with Gasteiger partial charge >= 0.3 is 23.9 Å². The third-order valence-corrected chi connectivity index (χ3v) is 24.6. The van der Waals surface area contributed by atoms with Crippen molar-refractivity contribution >= 4 is 135 Å². The highest BCUT2D eigenvalue weighted by Gasteiger charge is 2.36. The molecule has 23 N–H and O–H groups in total. The summed E-state index contributed by atoms with van der Waals surface area (Å²) in [5.74, 6) is -26.3. The maximum Gasteiger partial charge on any atom is 0.326 e. The van der Waals surface area contributed by atoms with Crippen molar-refractivity contribution in [3.63, 3.8) is 0 Å². The molecule has 45 heteroatoms. The Labute approximate surface area is 839 Å². The van der Waals surface area contributed by atoms with E-state index >= 15 is 0 Å². The van der Waals surface area contributed by atoms with Crippen LogP contribution in [0.5, 0.6) is 0 Å². The lowest BCUT2D eigenvalue weighted by atomic mass is 9.90. The Morgan fingerprint density at radius 3 is 1.05 bits per heavy atom. The molecular weight excluding hydrogens is 1880 g/mol. The molecule has 0 saturated carbocycles. The molecule has 820 valence electrons. The minimum Gasteiger partial charge on any atom is -0.481 e. The van der Waals surface area contributed by atoms with E-state index < -0.39 is 331 Å². The van der Waals surface area contributed by atoms with Crippen LogP contribution in [-0.4, -0.2) is 323 Å². The Kier molecular flexibility index (Phi) is 73.5. The maximum absolute atomic E-state index is 13.7. The molecule has 0 heterocycles. The smallest absolute Gasteiger partial charge is 0.326 e. The molecule has 0 aliphatic carbocycles. The zero-order chi connectivity index (χ0) is 108. The number of nitrogens with two attached hydrogens (primary N) is 1. The zero-order valence-electron chi connectivity index (χ0n) is 83.5. The van der Waals surface area contributed by atoms with Gasteiger partial charge < -0.3 is 115 Å². The molecule has 143 heavy (non-hydrogen) atoms. The molecule has 0 aliphatic heterocycles. The van der Waals surface area contributed by atoms with Crippen LogP contribution in [0.4, 0.5) is 0 Å². The summed E-state index contributed by atoms with van der Waals surface area (Å²) in [6, 6.07) is -8.06.